The number of hydrogen-bond donors (Lipinski definition) is 0. The molecule has 0 fully saturated rings. The van der Waals surface area contributed by atoms with Gasteiger partial charge in [-0.3, -0.25) is 0 Å². The van der Waals surface area contributed by atoms with Crippen LogP contribution in [0.1, 0.15) is 0 Å². The minimum Gasteiger partial charge on any atom is -0.843 e. The second-order valence-electron chi connectivity index (χ2n) is 0.407. The van der Waals surface area contributed by atoms with Gasteiger partial charge in [0.2, 0.25) is 0 Å². The van der Waals surface area contributed by atoms with Gasteiger partial charge in [-0.05, 0) is 0 Å². The van der Waals surface area contributed by atoms with Gasteiger partial charge in [-0.25, -0.2) is 0 Å². The van der Waals surface area contributed by atoms with E-state index in [2.05, 4.69) is 4.43 Å². The van der Waals surface area contributed by atoms with E-state index in [9.17, 15) is 4.80 Å². The summed E-state index contributed by atoms with van der Waals surface area (Å²) in [5, 5.41) is 0. The maximum atomic E-state index is 9.22. The van der Waals surface area contributed by atoms with Crippen LogP contribution in [0.25, 0.3) is 0 Å². The molecule has 0 aliphatic carbocycles. The Morgan fingerprint density at radius 2 is 2.00 bits per heavy atom. The zero-order valence-corrected chi connectivity index (χ0v) is 8.06. The zero-order chi connectivity index (χ0) is 3.41. The molecule has 0 saturated heterocycles. The predicted octanol–water partition coefficient (Wildman–Crippen LogP) is -5.00. The molecule has 0 atom stereocenters. The summed E-state index contributed by atoms with van der Waals surface area (Å²) in [5.74, 6) is 0. The smallest absolute Gasteiger partial charge is 0.843 e. The van der Waals surface area contributed by atoms with Gasteiger partial charge < -0.3 is 9.22 Å². The third-order valence-electron chi connectivity index (χ3n) is 0.118. The molecule has 0 aliphatic rings. The molecule has 0 aliphatic heterocycles. The summed E-state index contributed by atoms with van der Waals surface area (Å²) in [6, 6.07) is 0. The molecule has 0 aromatic rings. The van der Waals surface area contributed by atoms with Crippen LogP contribution in [0.4, 0.5) is 0 Å². The molecular formula is CH5KO2Si. The van der Waals surface area contributed by atoms with E-state index in [1.165, 1.54) is 7.11 Å². The summed E-state index contributed by atoms with van der Waals surface area (Å²) in [4.78, 5) is 9.22. The first-order valence-electron chi connectivity index (χ1n) is 0.986. The fourth-order valence-corrected chi connectivity index (χ4v) is 0. The van der Waals surface area contributed by atoms with Gasteiger partial charge >= 0.3 is 51.4 Å². The van der Waals surface area contributed by atoms with Crippen LogP contribution in [-0.2, 0) is 4.43 Å². The summed E-state index contributed by atoms with van der Waals surface area (Å²) in [6.45, 7) is 0. The van der Waals surface area contributed by atoms with Crippen molar-refractivity contribution in [3.8, 4) is 0 Å². The molecule has 0 N–H and O–H groups in total. The molecule has 5 heavy (non-hydrogen) atoms. The Labute approximate surface area is 76.4 Å². The summed E-state index contributed by atoms with van der Waals surface area (Å²) in [5.41, 5.74) is 0. The second-order valence-corrected chi connectivity index (χ2v) is 1.22. The molecule has 0 aromatic heterocycles. The molecule has 2 nitrogen and oxygen atoms in total. The number of rotatable bonds is 1. The molecule has 0 rings (SSSR count). The van der Waals surface area contributed by atoms with Crippen LogP contribution >= 0.6 is 0 Å². The van der Waals surface area contributed by atoms with Crippen molar-refractivity contribution in [3.05, 3.63) is 0 Å². The van der Waals surface area contributed by atoms with E-state index in [4.69, 9.17) is 0 Å². The van der Waals surface area contributed by atoms with Crippen molar-refractivity contribution in [2.45, 2.75) is 0 Å². The Bertz CT molecular complexity index is 11.6. The average molecular weight is 116 g/mol. The van der Waals surface area contributed by atoms with Crippen LogP contribution < -0.4 is 56.2 Å². The fraction of sp³-hybridized carbons (Fsp3) is 1.00. The monoisotopic (exact) mass is 116 g/mol. The Balaban J connectivity index is 0. The maximum Gasteiger partial charge on any atom is 1.00 e. The Kier molecular flexibility index (Phi) is 18.3. The van der Waals surface area contributed by atoms with Crippen molar-refractivity contribution in [1.29, 1.82) is 0 Å². The molecule has 0 amide bonds. The third kappa shape index (κ3) is 10.7. The fourth-order valence-electron chi connectivity index (χ4n) is 0. The first-order valence-corrected chi connectivity index (χ1v) is 2.14. The minimum absolute atomic E-state index is 0. The van der Waals surface area contributed by atoms with Crippen LogP contribution in [-0.4, -0.2) is 17.1 Å². The molecule has 0 spiro atoms. The van der Waals surface area contributed by atoms with E-state index in [0.29, 0.717) is 0 Å². The molecule has 0 heterocycles. The minimum atomic E-state index is -1.33. The molecule has 4 heteroatoms. The standard InChI is InChI=1S/CH5O2Si.K/c1-3-4-2;/h4H2,1H3;/q-1;+1. The third-order valence-corrected chi connectivity index (χ3v) is 0.354. The Hall–Kier alpha value is 1.77. The zero-order valence-electron chi connectivity index (χ0n) is 3.52. The summed E-state index contributed by atoms with van der Waals surface area (Å²) in [6.07, 6.45) is 0. The Morgan fingerprint density at radius 1 is 1.80 bits per heavy atom. The first-order chi connectivity index (χ1) is 1.91. The van der Waals surface area contributed by atoms with Crippen molar-refractivity contribution >= 4 is 10.0 Å². The van der Waals surface area contributed by atoms with Gasteiger partial charge in [-0.15, -0.1) is 0 Å². The van der Waals surface area contributed by atoms with Crippen LogP contribution in [0.5, 0.6) is 0 Å². The van der Waals surface area contributed by atoms with Gasteiger partial charge in [0.1, 0.15) is 0 Å². The van der Waals surface area contributed by atoms with Crippen molar-refractivity contribution in [3.63, 3.8) is 0 Å². The van der Waals surface area contributed by atoms with Gasteiger partial charge in [-0.2, -0.15) is 0 Å². The summed E-state index contributed by atoms with van der Waals surface area (Å²) < 4.78 is 4.12. The van der Waals surface area contributed by atoms with E-state index in [1.807, 2.05) is 0 Å². The van der Waals surface area contributed by atoms with E-state index < -0.39 is 10.0 Å². The molecule has 0 radical (unpaired) electrons. The SMILES string of the molecule is CO[SiH2][O-].[K+]. The van der Waals surface area contributed by atoms with Gasteiger partial charge in [-0.1, -0.05) is 0 Å². The van der Waals surface area contributed by atoms with Gasteiger partial charge in [0.05, 0.1) is 10.0 Å². The van der Waals surface area contributed by atoms with Crippen LogP contribution in [0.15, 0.2) is 0 Å². The van der Waals surface area contributed by atoms with Crippen LogP contribution in [0.2, 0.25) is 0 Å². The van der Waals surface area contributed by atoms with E-state index in [1.54, 1.807) is 0 Å². The molecule has 0 unspecified atom stereocenters. The van der Waals surface area contributed by atoms with E-state index >= 15 is 0 Å². The summed E-state index contributed by atoms with van der Waals surface area (Å²) in [7, 11) is 0.104. The molecule has 0 saturated carbocycles. The average Bonchev–Trinajstić information content (AvgIpc) is 1.37. The summed E-state index contributed by atoms with van der Waals surface area (Å²) >= 11 is 0. The molecular weight excluding hydrogens is 111 g/mol. The number of hydrogen-bond acceptors (Lipinski definition) is 2. The first kappa shape index (κ1) is 9.91. The van der Waals surface area contributed by atoms with Gasteiger partial charge in [0.15, 0.2) is 0 Å². The van der Waals surface area contributed by atoms with Crippen molar-refractivity contribution < 1.29 is 60.6 Å². The molecule has 0 aromatic carbocycles. The largest absolute Gasteiger partial charge is 1.00 e. The molecule has 26 valence electrons. The van der Waals surface area contributed by atoms with E-state index in [-0.39, 0.29) is 51.4 Å². The van der Waals surface area contributed by atoms with Gasteiger partial charge in [0, 0.05) is 7.11 Å². The van der Waals surface area contributed by atoms with Crippen LogP contribution in [0, 0.1) is 0 Å². The van der Waals surface area contributed by atoms with E-state index in [0.717, 1.165) is 0 Å². The normalized spacial score (nSPS) is 8.40. The predicted molar refractivity (Wildman–Crippen MR) is 15.6 cm³/mol. The van der Waals surface area contributed by atoms with Crippen molar-refractivity contribution in [2.24, 2.45) is 0 Å². The van der Waals surface area contributed by atoms with Gasteiger partial charge in [0.25, 0.3) is 0 Å². The maximum absolute atomic E-state index is 9.22. The topological polar surface area (TPSA) is 32.3 Å². The second kappa shape index (κ2) is 9.24. The molecule has 0 bridgehead atoms. The van der Waals surface area contributed by atoms with Crippen LogP contribution in [0.3, 0.4) is 0 Å². The van der Waals surface area contributed by atoms with Crippen molar-refractivity contribution in [2.75, 3.05) is 7.11 Å². The van der Waals surface area contributed by atoms with Crippen molar-refractivity contribution in [1.82, 2.24) is 0 Å². The Morgan fingerprint density at radius 3 is 2.00 bits per heavy atom. The quantitative estimate of drug-likeness (QED) is 0.321.